The van der Waals surface area contributed by atoms with Crippen LogP contribution < -0.4 is 0 Å². The molecule has 0 N–H and O–H groups in total. The molecule has 206 valence electrons. The zero-order valence-corrected chi connectivity index (χ0v) is 26.5. The summed E-state index contributed by atoms with van der Waals surface area (Å²) in [6, 6.07) is 24.0. The van der Waals surface area contributed by atoms with Crippen LogP contribution in [-0.4, -0.2) is 21.5 Å². The number of aryl methyl sites for hydroxylation is 4. The molecule has 0 atom stereocenters. The minimum Gasteiger partial charge on any atom is -0.293 e. The molecule has 0 aliphatic rings. The van der Waals surface area contributed by atoms with Crippen molar-refractivity contribution in [1.29, 1.82) is 0 Å². The number of halogens is 1. The molecule has 7 heteroatoms. The van der Waals surface area contributed by atoms with Crippen LogP contribution in [0.4, 0.5) is 0 Å². The third-order valence-electron chi connectivity index (χ3n) is 6.73. The van der Waals surface area contributed by atoms with E-state index in [1.807, 2.05) is 93.7 Å². The maximum absolute atomic E-state index is 12.5. The molecule has 2 aromatic carbocycles. The lowest BCUT2D eigenvalue weighted by Gasteiger charge is -2.05. The Balaban J connectivity index is 0.000000165. The van der Waals surface area contributed by atoms with Crippen molar-refractivity contribution in [2.24, 2.45) is 0 Å². The molecular weight excluding hydrogens is 612 g/mol. The largest absolute Gasteiger partial charge is 0.293 e. The topological polar surface area (TPSA) is 59.9 Å². The van der Waals surface area contributed by atoms with Crippen LogP contribution in [0.25, 0.3) is 21.8 Å². The standard InChI is InChI=1S/C17H14BrNOS.C17H15NOS/c1-10-8-15(21-17(10)18)14(20)9-13-5-3-4-12-7-6-11(2)19-16(12)13;1-11-8-16(20-10-11)15(19)9-14-5-3-4-13-7-6-12(2)18-17(13)14/h3-8H,9H2,1-2H3;3-8,10H,9H2,1-2H3. The molecule has 6 rings (SSSR count). The van der Waals surface area contributed by atoms with Gasteiger partial charge in [0.1, 0.15) is 0 Å². The van der Waals surface area contributed by atoms with Gasteiger partial charge in [0.2, 0.25) is 0 Å². The van der Waals surface area contributed by atoms with Gasteiger partial charge >= 0.3 is 0 Å². The Bertz CT molecular complexity index is 1880. The van der Waals surface area contributed by atoms with Crippen LogP contribution in [0.1, 0.15) is 53.0 Å². The fraction of sp³-hybridized carbons (Fsp3) is 0.176. The van der Waals surface area contributed by atoms with E-state index in [1.54, 1.807) is 0 Å². The first-order chi connectivity index (χ1) is 19.7. The van der Waals surface area contributed by atoms with Crippen molar-refractivity contribution in [3.8, 4) is 0 Å². The summed E-state index contributed by atoms with van der Waals surface area (Å²) >= 11 is 6.49. The second-order valence-electron chi connectivity index (χ2n) is 10.1. The molecule has 0 aliphatic heterocycles. The molecule has 4 heterocycles. The van der Waals surface area contributed by atoms with Gasteiger partial charge in [-0.15, -0.1) is 22.7 Å². The van der Waals surface area contributed by atoms with Crippen LogP contribution >= 0.6 is 38.6 Å². The van der Waals surface area contributed by atoms with E-state index >= 15 is 0 Å². The van der Waals surface area contributed by atoms with Crippen LogP contribution in [0.2, 0.25) is 0 Å². The number of rotatable bonds is 6. The van der Waals surface area contributed by atoms with Crippen LogP contribution in [0.5, 0.6) is 0 Å². The van der Waals surface area contributed by atoms with Gasteiger partial charge in [0.15, 0.2) is 11.6 Å². The number of Topliss-reactive ketones (excluding diaryl/α,β-unsaturated/α-hetero) is 2. The van der Waals surface area contributed by atoms with Gasteiger partial charge in [-0.05, 0) is 95.5 Å². The van der Waals surface area contributed by atoms with Crippen molar-refractivity contribution in [2.75, 3.05) is 0 Å². The number of aromatic nitrogens is 2. The maximum Gasteiger partial charge on any atom is 0.177 e. The SMILES string of the molecule is Cc1ccc2cccc(CC(=O)c3cc(C)c(Br)s3)c2n1.Cc1csc(C(=O)Cc2cccc3ccc(C)nc23)c1. The zero-order valence-electron chi connectivity index (χ0n) is 23.3. The minimum absolute atomic E-state index is 0.143. The molecule has 0 amide bonds. The van der Waals surface area contributed by atoms with Crippen LogP contribution in [0, 0.1) is 27.7 Å². The van der Waals surface area contributed by atoms with E-state index in [2.05, 4.69) is 38.0 Å². The van der Waals surface area contributed by atoms with Crippen LogP contribution in [0.3, 0.4) is 0 Å². The highest BCUT2D eigenvalue weighted by atomic mass is 79.9. The number of carbonyl (C=O) groups is 2. The summed E-state index contributed by atoms with van der Waals surface area (Å²) < 4.78 is 1.03. The Hall–Kier alpha value is -3.52. The second-order valence-corrected chi connectivity index (χ2v) is 13.4. The average molecular weight is 642 g/mol. The lowest BCUT2D eigenvalue weighted by Crippen LogP contribution is -2.02. The van der Waals surface area contributed by atoms with Crippen molar-refractivity contribution in [1.82, 2.24) is 9.97 Å². The molecule has 41 heavy (non-hydrogen) atoms. The van der Waals surface area contributed by atoms with Gasteiger partial charge in [0.25, 0.3) is 0 Å². The van der Waals surface area contributed by atoms with Crippen molar-refractivity contribution >= 4 is 72.0 Å². The summed E-state index contributed by atoms with van der Waals surface area (Å²) in [4.78, 5) is 35.6. The zero-order chi connectivity index (χ0) is 29.1. The smallest absolute Gasteiger partial charge is 0.177 e. The third kappa shape index (κ3) is 6.87. The molecule has 4 nitrogen and oxygen atoms in total. The van der Waals surface area contributed by atoms with Crippen LogP contribution in [-0.2, 0) is 12.8 Å². The molecule has 4 aromatic heterocycles. The second kappa shape index (κ2) is 12.6. The fourth-order valence-corrected chi connectivity index (χ4v) is 6.90. The van der Waals surface area contributed by atoms with Gasteiger partial charge < -0.3 is 0 Å². The van der Waals surface area contributed by atoms with E-state index in [9.17, 15) is 9.59 Å². The van der Waals surface area contributed by atoms with Crippen molar-refractivity contribution in [3.63, 3.8) is 0 Å². The normalized spacial score (nSPS) is 11.0. The van der Waals surface area contributed by atoms with Crippen molar-refractivity contribution in [2.45, 2.75) is 40.5 Å². The third-order valence-corrected chi connectivity index (χ3v) is 9.99. The molecule has 0 fully saturated rings. The van der Waals surface area contributed by atoms with Crippen molar-refractivity contribution < 1.29 is 9.59 Å². The Labute approximate surface area is 256 Å². The molecule has 0 unspecified atom stereocenters. The van der Waals surface area contributed by atoms with E-state index in [0.717, 1.165) is 69.0 Å². The molecular formula is C34H29BrN2O2S2. The van der Waals surface area contributed by atoms with E-state index in [1.165, 1.54) is 22.7 Å². The number of ketones is 2. The van der Waals surface area contributed by atoms with Gasteiger partial charge in [-0.3, -0.25) is 19.6 Å². The number of thiophene rings is 2. The number of para-hydroxylation sites is 2. The number of benzene rings is 2. The summed E-state index contributed by atoms with van der Waals surface area (Å²) in [7, 11) is 0. The molecule has 0 saturated heterocycles. The quantitative estimate of drug-likeness (QED) is 0.170. The molecule has 6 aromatic rings. The Morgan fingerprint density at radius 3 is 1.71 bits per heavy atom. The Morgan fingerprint density at radius 1 is 0.707 bits per heavy atom. The van der Waals surface area contributed by atoms with Gasteiger partial charge in [-0.25, -0.2) is 0 Å². The lowest BCUT2D eigenvalue weighted by atomic mass is 10.0. The maximum atomic E-state index is 12.5. The van der Waals surface area contributed by atoms with Gasteiger partial charge in [-0.1, -0.05) is 48.5 Å². The summed E-state index contributed by atoms with van der Waals surface area (Å²) in [5, 5.41) is 4.18. The highest BCUT2D eigenvalue weighted by Gasteiger charge is 2.14. The van der Waals surface area contributed by atoms with Crippen LogP contribution in [0.15, 0.2) is 82.0 Å². The first kappa shape index (κ1) is 29.0. The number of hydrogen-bond donors (Lipinski definition) is 0. The van der Waals surface area contributed by atoms with E-state index in [0.29, 0.717) is 12.8 Å². The summed E-state index contributed by atoms with van der Waals surface area (Å²) in [6.07, 6.45) is 0.800. The predicted molar refractivity (Wildman–Crippen MR) is 175 cm³/mol. The lowest BCUT2D eigenvalue weighted by molar-refractivity contribution is 0.0989. The summed E-state index contributed by atoms with van der Waals surface area (Å²) in [6.45, 7) is 7.95. The number of pyridine rings is 2. The highest BCUT2D eigenvalue weighted by molar-refractivity contribution is 9.11. The van der Waals surface area contributed by atoms with Gasteiger partial charge in [0.05, 0.1) is 24.6 Å². The highest BCUT2D eigenvalue weighted by Crippen LogP contribution is 2.29. The molecule has 0 radical (unpaired) electrons. The molecule has 0 spiro atoms. The monoisotopic (exact) mass is 640 g/mol. The first-order valence-corrected chi connectivity index (χ1v) is 15.7. The number of fused-ring (bicyclic) bond motifs is 2. The Kier molecular flexibility index (Phi) is 8.88. The minimum atomic E-state index is 0.143. The summed E-state index contributed by atoms with van der Waals surface area (Å²) in [5.74, 6) is 0.309. The number of carbonyl (C=O) groups excluding carboxylic acids is 2. The molecule has 0 saturated carbocycles. The number of nitrogens with zero attached hydrogens (tertiary/aromatic N) is 2. The fourth-order valence-electron chi connectivity index (χ4n) is 4.59. The van der Waals surface area contributed by atoms with E-state index in [-0.39, 0.29) is 11.6 Å². The predicted octanol–water partition coefficient (Wildman–Crippen LogP) is 9.44. The molecule has 0 bridgehead atoms. The number of hydrogen-bond acceptors (Lipinski definition) is 6. The van der Waals surface area contributed by atoms with E-state index < -0.39 is 0 Å². The average Bonchev–Trinajstić information content (AvgIpc) is 3.54. The first-order valence-electron chi connectivity index (χ1n) is 13.3. The molecule has 0 aliphatic carbocycles. The Morgan fingerprint density at radius 2 is 1.24 bits per heavy atom. The summed E-state index contributed by atoms with van der Waals surface area (Å²) in [5.41, 5.74) is 8.06. The van der Waals surface area contributed by atoms with Gasteiger partial charge in [-0.2, -0.15) is 0 Å². The van der Waals surface area contributed by atoms with Gasteiger partial charge in [0, 0.05) is 35.0 Å². The van der Waals surface area contributed by atoms with Crippen molar-refractivity contribution in [3.05, 3.63) is 125 Å². The van der Waals surface area contributed by atoms with E-state index in [4.69, 9.17) is 0 Å².